The van der Waals surface area contributed by atoms with E-state index in [1.807, 2.05) is 0 Å². The zero-order valence-electron chi connectivity index (χ0n) is 12.4. The number of hydrogen-bond donors (Lipinski definition) is 0. The molecule has 20 heavy (non-hydrogen) atoms. The smallest absolute Gasteiger partial charge is 0.252 e. The summed E-state index contributed by atoms with van der Waals surface area (Å²) >= 11 is 0. The number of nitrogens with zero attached hydrogens (tertiary/aromatic N) is 1. The lowest BCUT2D eigenvalue weighted by molar-refractivity contribution is -0.186. The van der Waals surface area contributed by atoms with E-state index in [2.05, 4.69) is 30.3 Å². The first-order valence-corrected chi connectivity index (χ1v) is 7.50. The summed E-state index contributed by atoms with van der Waals surface area (Å²) in [7, 11) is 3.29. The van der Waals surface area contributed by atoms with Crippen LogP contribution in [0.5, 0.6) is 0 Å². The Balaban J connectivity index is 1.81. The minimum absolute atomic E-state index is 0.165. The van der Waals surface area contributed by atoms with Gasteiger partial charge in [-0.05, 0) is 49.5 Å². The predicted octanol–water partition coefficient (Wildman–Crippen LogP) is 3.30. The van der Waals surface area contributed by atoms with Crippen molar-refractivity contribution in [2.24, 2.45) is 5.41 Å². The lowest BCUT2D eigenvalue weighted by atomic mass is 9.51. The van der Waals surface area contributed by atoms with Crippen molar-refractivity contribution < 1.29 is 9.63 Å². The van der Waals surface area contributed by atoms with E-state index < -0.39 is 0 Å². The van der Waals surface area contributed by atoms with Gasteiger partial charge in [-0.1, -0.05) is 30.3 Å². The molecular weight excluding hydrogens is 250 g/mol. The first-order chi connectivity index (χ1) is 9.62. The Bertz CT molecular complexity index is 472. The maximum absolute atomic E-state index is 12.5. The Morgan fingerprint density at radius 2 is 1.60 bits per heavy atom. The molecule has 0 radical (unpaired) electrons. The Morgan fingerprint density at radius 1 is 1.05 bits per heavy atom. The van der Waals surface area contributed by atoms with Crippen LogP contribution >= 0.6 is 0 Å². The highest BCUT2D eigenvalue weighted by molar-refractivity contribution is 5.82. The molecule has 3 nitrogen and oxygen atoms in total. The molecule has 2 bridgehead atoms. The predicted molar refractivity (Wildman–Crippen MR) is 78.0 cm³/mol. The van der Waals surface area contributed by atoms with Gasteiger partial charge in [-0.15, -0.1) is 0 Å². The molecule has 4 rings (SSSR count). The van der Waals surface area contributed by atoms with Gasteiger partial charge in [-0.25, -0.2) is 5.06 Å². The molecule has 3 aliphatic rings. The van der Waals surface area contributed by atoms with E-state index in [0.717, 1.165) is 38.5 Å². The van der Waals surface area contributed by atoms with Crippen LogP contribution in [0.15, 0.2) is 30.3 Å². The van der Waals surface area contributed by atoms with Crippen molar-refractivity contribution in [1.82, 2.24) is 5.06 Å². The molecule has 0 aromatic heterocycles. The summed E-state index contributed by atoms with van der Waals surface area (Å²) in [6, 6.07) is 10.8. The van der Waals surface area contributed by atoms with E-state index >= 15 is 0 Å². The second-order valence-electron chi connectivity index (χ2n) is 6.41. The Kier molecular flexibility index (Phi) is 3.33. The van der Waals surface area contributed by atoms with Gasteiger partial charge in [0.2, 0.25) is 0 Å². The summed E-state index contributed by atoms with van der Waals surface area (Å²) in [4.78, 5) is 17.7. The van der Waals surface area contributed by atoms with Crippen LogP contribution < -0.4 is 0 Å². The molecule has 3 fully saturated rings. The standard InChI is InChI=1S/C17H23NO2/c1-18(20-2)15(19)17-11-8-16(9-12-17,10-13-17)14-6-4-3-5-7-14/h3-7H,8-13H2,1-2H3. The Hall–Kier alpha value is -1.35. The van der Waals surface area contributed by atoms with E-state index in [-0.39, 0.29) is 11.3 Å². The number of hydroxylamine groups is 2. The second-order valence-corrected chi connectivity index (χ2v) is 6.41. The molecule has 0 unspecified atom stereocenters. The number of carbonyl (C=O) groups excluding carboxylic acids is 1. The van der Waals surface area contributed by atoms with Crippen LogP contribution in [-0.4, -0.2) is 25.1 Å². The quantitative estimate of drug-likeness (QED) is 0.791. The number of carbonyl (C=O) groups is 1. The van der Waals surface area contributed by atoms with Crippen LogP contribution in [0.2, 0.25) is 0 Å². The highest BCUT2D eigenvalue weighted by Crippen LogP contribution is 2.58. The third-order valence-corrected chi connectivity index (χ3v) is 5.65. The highest BCUT2D eigenvalue weighted by atomic mass is 16.7. The fourth-order valence-corrected chi connectivity index (χ4v) is 4.15. The number of fused-ring (bicyclic) bond motifs is 3. The van der Waals surface area contributed by atoms with Crippen molar-refractivity contribution in [2.75, 3.05) is 14.2 Å². The van der Waals surface area contributed by atoms with Gasteiger partial charge in [0.15, 0.2) is 0 Å². The molecule has 0 aliphatic heterocycles. The summed E-state index contributed by atoms with van der Waals surface area (Å²) in [5, 5.41) is 1.42. The van der Waals surface area contributed by atoms with Crippen molar-refractivity contribution in [1.29, 1.82) is 0 Å². The Labute approximate surface area is 120 Å². The van der Waals surface area contributed by atoms with Crippen molar-refractivity contribution in [3.63, 3.8) is 0 Å². The molecule has 0 heterocycles. The molecule has 3 saturated carbocycles. The molecule has 3 aliphatic carbocycles. The van der Waals surface area contributed by atoms with Crippen LogP contribution in [0.3, 0.4) is 0 Å². The third kappa shape index (κ3) is 1.96. The molecule has 0 saturated heterocycles. The molecule has 1 amide bonds. The maximum Gasteiger partial charge on any atom is 0.252 e. The maximum atomic E-state index is 12.5. The van der Waals surface area contributed by atoms with Crippen molar-refractivity contribution in [3.05, 3.63) is 35.9 Å². The zero-order chi connectivity index (χ0) is 14.2. The van der Waals surface area contributed by atoms with Gasteiger partial charge in [0.05, 0.1) is 12.5 Å². The molecule has 3 heteroatoms. The summed E-state index contributed by atoms with van der Waals surface area (Å²) in [5.74, 6) is 0.168. The number of benzene rings is 1. The monoisotopic (exact) mass is 273 g/mol. The van der Waals surface area contributed by atoms with Crippen LogP contribution in [-0.2, 0) is 15.0 Å². The van der Waals surface area contributed by atoms with Gasteiger partial charge in [-0.2, -0.15) is 0 Å². The largest absolute Gasteiger partial charge is 0.275 e. The first-order valence-electron chi connectivity index (χ1n) is 7.50. The molecular formula is C17H23NO2. The second kappa shape index (κ2) is 4.88. The lowest BCUT2D eigenvalue weighted by Gasteiger charge is -2.53. The summed E-state index contributed by atoms with van der Waals surface area (Å²) in [5.41, 5.74) is 1.61. The summed E-state index contributed by atoms with van der Waals surface area (Å²) in [6.45, 7) is 0. The lowest BCUT2D eigenvalue weighted by Crippen LogP contribution is -2.51. The average molecular weight is 273 g/mol. The van der Waals surface area contributed by atoms with Crippen LogP contribution in [0.4, 0.5) is 0 Å². The van der Waals surface area contributed by atoms with Crippen LogP contribution in [0, 0.1) is 5.41 Å². The van der Waals surface area contributed by atoms with Gasteiger partial charge in [0.1, 0.15) is 0 Å². The van der Waals surface area contributed by atoms with E-state index in [9.17, 15) is 4.79 Å². The third-order valence-electron chi connectivity index (χ3n) is 5.65. The van der Waals surface area contributed by atoms with E-state index in [0.29, 0.717) is 5.41 Å². The number of amides is 1. The molecule has 1 aromatic carbocycles. The van der Waals surface area contributed by atoms with Crippen LogP contribution in [0.25, 0.3) is 0 Å². The fourth-order valence-electron chi connectivity index (χ4n) is 4.15. The van der Waals surface area contributed by atoms with E-state index in [1.54, 1.807) is 14.2 Å². The highest BCUT2D eigenvalue weighted by Gasteiger charge is 2.53. The van der Waals surface area contributed by atoms with Gasteiger partial charge in [0.25, 0.3) is 5.91 Å². The molecule has 108 valence electrons. The number of rotatable bonds is 3. The molecule has 0 N–H and O–H groups in total. The Morgan fingerprint density at radius 3 is 2.10 bits per heavy atom. The van der Waals surface area contributed by atoms with Gasteiger partial charge >= 0.3 is 0 Å². The minimum atomic E-state index is -0.165. The molecule has 0 atom stereocenters. The fraction of sp³-hybridized carbons (Fsp3) is 0.588. The van der Waals surface area contributed by atoms with Crippen molar-refractivity contribution in [2.45, 2.75) is 43.9 Å². The topological polar surface area (TPSA) is 29.5 Å². The summed E-state index contributed by atoms with van der Waals surface area (Å²) < 4.78 is 0. The SMILES string of the molecule is CON(C)C(=O)C12CCC(c3ccccc3)(CC1)CC2. The van der Waals surface area contributed by atoms with E-state index in [1.165, 1.54) is 10.6 Å². The molecule has 1 aromatic rings. The van der Waals surface area contributed by atoms with E-state index in [4.69, 9.17) is 4.84 Å². The molecule has 0 spiro atoms. The van der Waals surface area contributed by atoms with Crippen molar-refractivity contribution in [3.8, 4) is 0 Å². The first kappa shape index (κ1) is 13.6. The van der Waals surface area contributed by atoms with Crippen molar-refractivity contribution >= 4 is 5.91 Å². The normalized spacial score (nSPS) is 32.1. The zero-order valence-corrected chi connectivity index (χ0v) is 12.4. The minimum Gasteiger partial charge on any atom is -0.275 e. The number of hydrogen-bond acceptors (Lipinski definition) is 2. The van der Waals surface area contributed by atoms with Gasteiger partial charge in [0, 0.05) is 7.05 Å². The summed E-state index contributed by atoms with van der Waals surface area (Å²) in [6.07, 6.45) is 6.36. The average Bonchev–Trinajstić information content (AvgIpc) is 2.56. The van der Waals surface area contributed by atoms with Gasteiger partial charge < -0.3 is 0 Å². The van der Waals surface area contributed by atoms with Crippen LogP contribution in [0.1, 0.15) is 44.1 Å². The van der Waals surface area contributed by atoms with Gasteiger partial charge in [-0.3, -0.25) is 9.63 Å².